The van der Waals surface area contributed by atoms with Crippen molar-refractivity contribution >= 4 is 10.0 Å². The number of nitrogens with zero attached hydrogens (tertiary/aromatic N) is 1. The summed E-state index contributed by atoms with van der Waals surface area (Å²) >= 11 is 0. The van der Waals surface area contributed by atoms with E-state index >= 15 is 0 Å². The van der Waals surface area contributed by atoms with E-state index < -0.39 is 34.9 Å². The molecule has 1 heterocycles. The minimum atomic E-state index is -4.60. The number of hydrogen-bond donors (Lipinski definition) is 0. The van der Waals surface area contributed by atoms with Gasteiger partial charge in [0, 0.05) is 13.1 Å². The fraction of sp³-hybridized carbons (Fsp3) is 1.00. The van der Waals surface area contributed by atoms with Gasteiger partial charge in [-0.05, 0) is 12.8 Å². The van der Waals surface area contributed by atoms with E-state index in [2.05, 4.69) is 4.74 Å². The number of alkyl halides is 4. The molecule has 0 bridgehead atoms. The van der Waals surface area contributed by atoms with Gasteiger partial charge >= 0.3 is 12.5 Å². The molecule has 18 heavy (non-hydrogen) atoms. The maximum Gasteiger partial charge on any atom is 0.416 e. The predicted molar refractivity (Wildman–Crippen MR) is 56.1 cm³/mol. The second-order valence-corrected chi connectivity index (χ2v) is 6.08. The molecule has 0 aromatic carbocycles. The number of rotatable bonds is 6. The van der Waals surface area contributed by atoms with Crippen LogP contribution in [0.15, 0.2) is 0 Å². The Morgan fingerprint density at radius 2 is 1.72 bits per heavy atom. The molecule has 0 N–H and O–H groups in total. The summed E-state index contributed by atoms with van der Waals surface area (Å²) < 4.78 is 76.4. The van der Waals surface area contributed by atoms with Crippen molar-refractivity contribution in [2.45, 2.75) is 31.8 Å². The molecule has 9 heteroatoms. The molecular formula is C9H15F4NO3S. The van der Waals surface area contributed by atoms with Crippen LogP contribution in [0.25, 0.3) is 0 Å². The van der Waals surface area contributed by atoms with E-state index in [1.54, 1.807) is 0 Å². The van der Waals surface area contributed by atoms with Crippen LogP contribution in [0.1, 0.15) is 19.3 Å². The fourth-order valence-electron chi connectivity index (χ4n) is 1.62. The summed E-state index contributed by atoms with van der Waals surface area (Å²) in [5.41, 5.74) is 0. The predicted octanol–water partition coefficient (Wildman–Crippen LogP) is 1.68. The lowest BCUT2D eigenvalue weighted by atomic mass is 10.2. The maximum absolute atomic E-state index is 12.4. The van der Waals surface area contributed by atoms with Crippen molar-refractivity contribution in [1.82, 2.24) is 4.31 Å². The topological polar surface area (TPSA) is 46.6 Å². The molecule has 0 atom stereocenters. The Morgan fingerprint density at radius 3 is 2.22 bits per heavy atom. The lowest BCUT2D eigenvalue weighted by Crippen LogP contribution is -2.39. The van der Waals surface area contributed by atoms with Gasteiger partial charge in [-0.1, -0.05) is 6.42 Å². The minimum absolute atomic E-state index is 0.341. The highest BCUT2D eigenvalue weighted by Crippen LogP contribution is 2.24. The van der Waals surface area contributed by atoms with E-state index in [1.165, 1.54) is 4.31 Å². The van der Waals surface area contributed by atoms with Crippen LogP contribution in [-0.4, -0.2) is 50.7 Å². The highest BCUT2D eigenvalue weighted by Gasteiger charge is 2.42. The molecular weight excluding hydrogens is 278 g/mol. The Labute approximate surface area is 103 Å². The molecule has 1 aliphatic rings. The summed E-state index contributed by atoms with van der Waals surface area (Å²) in [6, 6.07) is 0. The monoisotopic (exact) mass is 293 g/mol. The number of halogens is 4. The zero-order chi connectivity index (χ0) is 13.8. The number of sulfonamides is 1. The second kappa shape index (κ2) is 6.16. The van der Waals surface area contributed by atoms with Crippen LogP contribution in [0, 0.1) is 0 Å². The summed E-state index contributed by atoms with van der Waals surface area (Å²) in [5.74, 6) is -0.713. The molecule has 0 aromatic heterocycles. The Kier molecular flexibility index (Phi) is 5.35. The molecule has 0 spiro atoms. The Morgan fingerprint density at radius 1 is 1.17 bits per heavy atom. The smallest absolute Gasteiger partial charge is 0.315 e. The average Bonchev–Trinajstić information content (AvgIpc) is 2.29. The van der Waals surface area contributed by atoms with Gasteiger partial charge in [-0.15, -0.1) is 0 Å². The lowest BCUT2D eigenvalue weighted by Gasteiger charge is -2.26. The van der Waals surface area contributed by atoms with E-state index in [0.717, 1.165) is 6.42 Å². The van der Waals surface area contributed by atoms with Crippen LogP contribution in [0.4, 0.5) is 17.6 Å². The highest BCUT2D eigenvalue weighted by atomic mass is 32.2. The van der Waals surface area contributed by atoms with Crippen LogP contribution >= 0.6 is 0 Å². The summed E-state index contributed by atoms with van der Waals surface area (Å²) in [5, 5.41) is 0. The summed E-state index contributed by atoms with van der Waals surface area (Å²) in [6.07, 6.45) is -6.21. The second-order valence-electron chi connectivity index (χ2n) is 3.99. The average molecular weight is 293 g/mol. The Bertz CT molecular complexity index is 355. The first-order valence-corrected chi connectivity index (χ1v) is 7.14. The van der Waals surface area contributed by atoms with Gasteiger partial charge in [-0.25, -0.2) is 21.5 Å². The zero-order valence-corrected chi connectivity index (χ0v) is 10.4. The van der Waals surface area contributed by atoms with Crippen LogP contribution in [0.3, 0.4) is 0 Å². The van der Waals surface area contributed by atoms with Gasteiger partial charge < -0.3 is 4.74 Å². The van der Waals surface area contributed by atoms with Crippen molar-refractivity contribution < 1.29 is 30.7 Å². The Hall–Kier alpha value is -0.410. The van der Waals surface area contributed by atoms with Crippen molar-refractivity contribution in [3.63, 3.8) is 0 Å². The van der Waals surface area contributed by atoms with Gasteiger partial charge in [0.2, 0.25) is 10.0 Å². The van der Waals surface area contributed by atoms with E-state index in [0.29, 0.717) is 25.9 Å². The standard InChI is InChI=1S/C9H15F4NO3S/c10-8(11)9(12,13)17-6-7-18(15,16)14-4-2-1-3-5-14/h8H,1-7H2. The molecule has 0 amide bonds. The van der Waals surface area contributed by atoms with Crippen LogP contribution in [-0.2, 0) is 14.8 Å². The zero-order valence-electron chi connectivity index (χ0n) is 9.62. The number of piperidine rings is 1. The fourth-order valence-corrected chi connectivity index (χ4v) is 2.98. The summed E-state index contributed by atoms with van der Waals surface area (Å²) in [4.78, 5) is 0. The summed E-state index contributed by atoms with van der Waals surface area (Å²) in [6.45, 7) is -0.267. The summed E-state index contributed by atoms with van der Waals surface area (Å²) in [7, 11) is -3.70. The SMILES string of the molecule is O=S(=O)(CCOC(F)(F)C(F)F)N1CCCCC1. The molecule has 1 rings (SSSR count). The molecule has 0 radical (unpaired) electrons. The molecule has 1 aliphatic heterocycles. The maximum atomic E-state index is 12.4. The van der Waals surface area contributed by atoms with Crippen LogP contribution < -0.4 is 0 Å². The first-order chi connectivity index (χ1) is 8.26. The Balaban J connectivity index is 2.42. The van der Waals surface area contributed by atoms with Crippen molar-refractivity contribution in [2.24, 2.45) is 0 Å². The van der Waals surface area contributed by atoms with Gasteiger partial charge in [0.15, 0.2) is 0 Å². The lowest BCUT2D eigenvalue weighted by molar-refractivity contribution is -0.297. The number of hydrogen-bond acceptors (Lipinski definition) is 3. The minimum Gasteiger partial charge on any atom is -0.315 e. The molecule has 0 aliphatic carbocycles. The molecule has 0 aromatic rings. The number of ether oxygens (including phenoxy) is 1. The van der Waals surface area contributed by atoms with Crippen molar-refractivity contribution in [2.75, 3.05) is 25.4 Å². The molecule has 1 fully saturated rings. The quantitative estimate of drug-likeness (QED) is 0.700. The molecule has 4 nitrogen and oxygen atoms in total. The normalized spacial score (nSPS) is 19.4. The van der Waals surface area contributed by atoms with Gasteiger partial charge in [0.1, 0.15) is 0 Å². The van der Waals surface area contributed by atoms with Crippen LogP contribution in [0.5, 0.6) is 0 Å². The third kappa shape index (κ3) is 4.36. The molecule has 108 valence electrons. The molecule has 0 saturated carbocycles. The third-order valence-electron chi connectivity index (χ3n) is 2.60. The van der Waals surface area contributed by atoms with E-state index in [9.17, 15) is 26.0 Å². The van der Waals surface area contributed by atoms with Gasteiger partial charge in [0.25, 0.3) is 0 Å². The largest absolute Gasteiger partial charge is 0.416 e. The van der Waals surface area contributed by atoms with Gasteiger partial charge in [-0.3, -0.25) is 0 Å². The molecule has 1 saturated heterocycles. The van der Waals surface area contributed by atoms with Crippen molar-refractivity contribution in [3.05, 3.63) is 0 Å². The van der Waals surface area contributed by atoms with E-state index in [4.69, 9.17) is 0 Å². The first kappa shape index (κ1) is 15.6. The first-order valence-electron chi connectivity index (χ1n) is 5.53. The third-order valence-corrected chi connectivity index (χ3v) is 4.43. The van der Waals surface area contributed by atoms with Gasteiger partial charge in [-0.2, -0.15) is 8.78 Å². The van der Waals surface area contributed by atoms with Crippen molar-refractivity contribution in [3.8, 4) is 0 Å². The van der Waals surface area contributed by atoms with Crippen LogP contribution in [0.2, 0.25) is 0 Å². The van der Waals surface area contributed by atoms with Crippen molar-refractivity contribution in [1.29, 1.82) is 0 Å². The van der Waals surface area contributed by atoms with E-state index in [1.807, 2.05) is 0 Å². The van der Waals surface area contributed by atoms with E-state index in [-0.39, 0.29) is 0 Å². The highest BCUT2D eigenvalue weighted by molar-refractivity contribution is 7.89. The van der Waals surface area contributed by atoms with Gasteiger partial charge in [0.05, 0.1) is 12.4 Å². The molecule has 0 unspecified atom stereocenters.